The maximum Gasteiger partial charge on any atom is 0.246 e. The summed E-state index contributed by atoms with van der Waals surface area (Å²) in [5.41, 5.74) is 1.50. The van der Waals surface area contributed by atoms with Crippen molar-refractivity contribution in [1.29, 1.82) is 0 Å². The van der Waals surface area contributed by atoms with Crippen LogP contribution in [0.15, 0.2) is 12.3 Å². The predicted molar refractivity (Wildman–Crippen MR) is 55.7 cm³/mol. The molecule has 2 rings (SSSR count). The molecule has 14 heavy (non-hydrogen) atoms. The molecule has 1 aromatic rings. The number of aromatic nitrogens is 1. The Kier molecular flexibility index (Phi) is 2.07. The lowest BCUT2D eigenvalue weighted by Gasteiger charge is -2.32. The summed E-state index contributed by atoms with van der Waals surface area (Å²) in [4.78, 5) is 17.3. The molecule has 0 saturated carbocycles. The lowest BCUT2D eigenvalue weighted by Crippen LogP contribution is -2.44. The number of hydrogen-bond acceptors (Lipinski definition) is 3. The van der Waals surface area contributed by atoms with Gasteiger partial charge in [-0.25, -0.2) is 4.98 Å². The number of halogens is 1. The maximum absolute atomic E-state index is 11.5. The molecule has 0 aromatic carbocycles. The van der Waals surface area contributed by atoms with Gasteiger partial charge in [-0.05, 0) is 13.0 Å². The van der Waals surface area contributed by atoms with Crippen molar-refractivity contribution < 1.29 is 4.79 Å². The fourth-order valence-corrected chi connectivity index (χ4v) is 1.65. The van der Waals surface area contributed by atoms with Crippen LogP contribution in [-0.2, 0) is 4.79 Å². The topological polar surface area (TPSA) is 45.2 Å². The molecule has 1 N–H and O–H groups in total. The number of pyridine rings is 1. The van der Waals surface area contributed by atoms with E-state index in [1.807, 2.05) is 24.9 Å². The van der Waals surface area contributed by atoms with Gasteiger partial charge in [0.15, 0.2) is 5.15 Å². The normalized spacial score (nSPS) is 20.4. The van der Waals surface area contributed by atoms with Crippen LogP contribution in [0.25, 0.3) is 0 Å². The molecule has 2 heterocycles. The van der Waals surface area contributed by atoms with Gasteiger partial charge in [-0.15, -0.1) is 0 Å². The fraction of sp³-hybridized carbons (Fsp3) is 0.333. The Labute approximate surface area is 86.9 Å². The summed E-state index contributed by atoms with van der Waals surface area (Å²) in [5.74, 6) is -0.0603. The lowest BCUT2D eigenvalue weighted by molar-refractivity contribution is -0.117. The summed E-state index contributed by atoms with van der Waals surface area (Å²) in [5, 5.41) is 3.06. The van der Waals surface area contributed by atoms with Crippen molar-refractivity contribution in [3.05, 3.63) is 17.4 Å². The van der Waals surface area contributed by atoms with E-state index in [0.717, 1.165) is 5.69 Å². The first-order chi connectivity index (χ1) is 6.61. The molecular weight excluding hydrogens is 202 g/mol. The van der Waals surface area contributed by atoms with E-state index in [0.29, 0.717) is 10.8 Å². The first-order valence-electron chi connectivity index (χ1n) is 4.29. The third kappa shape index (κ3) is 1.23. The maximum atomic E-state index is 11.5. The molecule has 1 amide bonds. The molecule has 0 unspecified atom stereocenters. The first kappa shape index (κ1) is 9.27. The minimum Gasteiger partial charge on any atom is -0.361 e. The second-order valence-corrected chi connectivity index (χ2v) is 3.63. The van der Waals surface area contributed by atoms with Gasteiger partial charge < -0.3 is 10.2 Å². The summed E-state index contributed by atoms with van der Waals surface area (Å²) in [7, 11) is 1.86. The predicted octanol–water partition coefficient (Wildman–Crippen LogP) is 1.51. The van der Waals surface area contributed by atoms with Gasteiger partial charge in [0, 0.05) is 13.2 Å². The highest BCUT2D eigenvalue weighted by molar-refractivity contribution is 6.33. The number of carbonyl (C=O) groups is 1. The van der Waals surface area contributed by atoms with Gasteiger partial charge >= 0.3 is 0 Å². The van der Waals surface area contributed by atoms with Crippen LogP contribution in [0.2, 0.25) is 5.15 Å². The zero-order valence-electron chi connectivity index (χ0n) is 7.91. The standard InChI is InChI=1S/C9H10ClN3O/c1-5-9(14)12-7-6(13(5)2)3-4-11-8(7)10/h3-5H,1-2H3,(H,12,14)/t5-/m0/s1. The van der Waals surface area contributed by atoms with Crippen molar-refractivity contribution in [3.8, 4) is 0 Å². The minimum atomic E-state index is -0.180. The Morgan fingerprint density at radius 3 is 3.07 bits per heavy atom. The van der Waals surface area contributed by atoms with Gasteiger partial charge in [-0.3, -0.25) is 4.79 Å². The van der Waals surface area contributed by atoms with Crippen LogP contribution in [-0.4, -0.2) is 24.0 Å². The quantitative estimate of drug-likeness (QED) is 0.662. The van der Waals surface area contributed by atoms with Crippen LogP contribution >= 0.6 is 11.6 Å². The second kappa shape index (κ2) is 3.13. The van der Waals surface area contributed by atoms with Gasteiger partial charge in [-0.1, -0.05) is 11.6 Å². The number of nitrogens with zero attached hydrogens (tertiary/aromatic N) is 2. The summed E-state index contributed by atoms with van der Waals surface area (Å²) >= 11 is 5.87. The molecule has 0 radical (unpaired) electrons. The van der Waals surface area contributed by atoms with E-state index in [4.69, 9.17) is 11.6 Å². The molecule has 1 aliphatic rings. The van der Waals surface area contributed by atoms with Gasteiger partial charge in [0.1, 0.15) is 11.7 Å². The number of likely N-dealkylation sites (N-methyl/N-ethyl adjacent to an activating group) is 1. The van der Waals surface area contributed by atoms with E-state index in [2.05, 4.69) is 10.3 Å². The highest BCUT2D eigenvalue weighted by atomic mass is 35.5. The van der Waals surface area contributed by atoms with Gasteiger partial charge in [0.25, 0.3) is 0 Å². The van der Waals surface area contributed by atoms with Crippen LogP contribution in [0.4, 0.5) is 11.4 Å². The second-order valence-electron chi connectivity index (χ2n) is 3.27. The van der Waals surface area contributed by atoms with Gasteiger partial charge in [-0.2, -0.15) is 0 Å². The molecule has 1 aromatic heterocycles. The molecule has 4 nitrogen and oxygen atoms in total. The Morgan fingerprint density at radius 2 is 2.36 bits per heavy atom. The van der Waals surface area contributed by atoms with Crippen molar-refractivity contribution in [1.82, 2.24) is 4.98 Å². The zero-order valence-corrected chi connectivity index (χ0v) is 8.67. The van der Waals surface area contributed by atoms with E-state index in [1.165, 1.54) is 0 Å². The number of carbonyl (C=O) groups excluding carboxylic acids is 1. The number of amides is 1. The van der Waals surface area contributed by atoms with E-state index in [1.54, 1.807) is 6.20 Å². The van der Waals surface area contributed by atoms with Crippen molar-refractivity contribution >= 4 is 28.9 Å². The Morgan fingerprint density at radius 1 is 1.64 bits per heavy atom. The van der Waals surface area contributed by atoms with E-state index >= 15 is 0 Å². The summed E-state index contributed by atoms with van der Waals surface area (Å²) in [6.45, 7) is 1.84. The van der Waals surface area contributed by atoms with Gasteiger partial charge in [0.05, 0.1) is 5.69 Å². The number of nitrogens with one attached hydrogen (secondary N) is 1. The highest BCUT2D eigenvalue weighted by Gasteiger charge is 2.28. The SMILES string of the molecule is C[C@H]1C(=O)Nc2c(ccnc2Cl)N1C. The Hall–Kier alpha value is -1.29. The summed E-state index contributed by atoms with van der Waals surface area (Å²) in [6, 6.07) is 1.65. The zero-order chi connectivity index (χ0) is 10.3. The monoisotopic (exact) mass is 211 g/mol. The van der Waals surface area contributed by atoms with Crippen molar-refractivity contribution in [2.24, 2.45) is 0 Å². The van der Waals surface area contributed by atoms with E-state index < -0.39 is 0 Å². The molecule has 0 spiro atoms. The first-order valence-corrected chi connectivity index (χ1v) is 4.67. The fourth-order valence-electron chi connectivity index (χ4n) is 1.45. The molecule has 1 atom stereocenters. The molecule has 0 saturated heterocycles. The molecule has 0 aliphatic carbocycles. The Bertz CT molecular complexity index is 394. The van der Waals surface area contributed by atoms with Crippen LogP contribution < -0.4 is 10.2 Å². The average molecular weight is 212 g/mol. The van der Waals surface area contributed by atoms with Crippen LogP contribution in [0, 0.1) is 0 Å². The van der Waals surface area contributed by atoms with Crippen molar-refractivity contribution in [3.63, 3.8) is 0 Å². The number of rotatable bonds is 0. The molecule has 74 valence electrons. The van der Waals surface area contributed by atoms with Gasteiger partial charge in [0.2, 0.25) is 5.91 Å². The molecule has 0 fully saturated rings. The van der Waals surface area contributed by atoms with E-state index in [9.17, 15) is 4.79 Å². The largest absolute Gasteiger partial charge is 0.361 e. The Balaban J connectivity index is 2.56. The number of anilines is 2. The minimum absolute atomic E-state index is 0.0603. The van der Waals surface area contributed by atoms with Crippen LogP contribution in [0.3, 0.4) is 0 Å². The molecular formula is C9H10ClN3O. The average Bonchev–Trinajstić information content (AvgIpc) is 2.17. The third-order valence-electron chi connectivity index (χ3n) is 2.47. The van der Waals surface area contributed by atoms with E-state index in [-0.39, 0.29) is 11.9 Å². The highest BCUT2D eigenvalue weighted by Crippen LogP contribution is 2.34. The van der Waals surface area contributed by atoms with Crippen molar-refractivity contribution in [2.45, 2.75) is 13.0 Å². The smallest absolute Gasteiger partial charge is 0.246 e. The van der Waals surface area contributed by atoms with Crippen molar-refractivity contribution in [2.75, 3.05) is 17.3 Å². The number of hydrogen-bond donors (Lipinski definition) is 1. The number of fused-ring (bicyclic) bond motifs is 1. The lowest BCUT2D eigenvalue weighted by atomic mass is 10.1. The summed E-state index contributed by atoms with van der Waals surface area (Å²) < 4.78 is 0. The van der Waals surface area contributed by atoms with Crippen LogP contribution in [0.1, 0.15) is 6.92 Å². The third-order valence-corrected chi connectivity index (χ3v) is 2.76. The molecule has 5 heteroatoms. The molecule has 0 bridgehead atoms. The molecule has 1 aliphatic heterocycles. The summed E-state index contributed by atoms with van der Waals surface area (Å²) in [6.07, 6.45) is 1.63. The van der Waals surface area contributed by atoms with Crippen LogP contribution in [0.5, 0.6) is 0 Å².